The summed E-state index contributed by atoms with van der Waals surface area (Å²) in [5.74, 6) is -0.329. The fourth-order valence-corrected chi connectivity index (χ4v) is 2.07. The van der Waals surface area contributed by atoms with Gasteiger partial charge in [-0.25, -0.2) is 4.79 Å². The topological polar surface area (TPSA) is 76.4 Å². The Morgan fingerprint density at radius 3 is 2.73 bits per heavy atom. The van der Waals surface area contributed by atoms with Crippen molar-refractivity contribution in [2.75, 3.05) is 17.2 Å². The standard InChI is InChI=1S/C15H17N3O3S/c1-4-20-14(19)12-10(3)18-21-13(12)17-15(22)16-11-8-6-5-7-9(11)2/h5-8H,4H2,1-3H3,(H2,16,17,22). The maximum atomic E-state index is 11.9. The molecule has 1 aromatic carbocycles. The molecule has 0 radical (unpaired) electrons. The van der Waals surface area contributed by atoms with E-state index in [1.807, 2.05) is 31.2 Å². The Bertz CT molecular complexity index is 697. The Morgan fingerprint density at radius 2 is 2.05 bits per heavy atom. The van der Waals surface area contributed by atoms with E-state index in [-0.39, 0.29) is 18.1 Å². The van der Waals surface area contributed by atoms with E-state index in [1.54, 1.807) is 13.8 Å². The fourth-order valence-electron chi connectivity index (χ4n) is 1.87. The van der Waals surface area contributed by atoms with E-state index >= 15 is 0 Å². The maximum Gasteiger partial charge on any atom is 0.345 e. The van der Waals surface area contributed by atoms with Gasteiger partial charge in [-0.2, -0.15) is 0 Å². The van der Waals surface area contributed by atoms with E-state index in [9.17, 15) is 4.79 Å². The Kier molecular flexibility index (Phi) is 5.11. The van der Waals surface area contributed by atoms with Gasteiger partial charge in [0.2, 0.25) is 5.88 Å². The average molecular weight is 319 g/mol. The van der Waals surface area contributed by atoms with Crippen LogP contribution in [-0.2, 0) is 4.74 Å². The van der Waals surface area contributed by atoms with Gasteiger partial charge < -0.3 is 19.9 Å². The number of aromatic nitrogens is 1. The highest BCUT2D eigenvalue weighted by molar-refractivity contribution is 7.80. The second kappa shape index (κ2) is 7.04. The second-order valence-corrected chi connectivity index (χ2v) is 4.99. The number of rotatable bonds is 4. The highest BCUT2D eigenvalue weighted by Crippen LogP contribution is 2.21. The number of para-hydroxylation sites is 1. The molecule has 116 valence electrons. The molecule has 2 N–H and O–H groups in total. The minimum Gasteiger partial charge on any atom is -0.462 e. The monoisotopic (exact) mass is 319 g/mol. The smallest absolute Gasteiger partial charge is 0.345 e. The summed E-state index contributed by atoms with van der Waals surface area (Å²) in [5.41, 5.74) is 2.61. The van der Waals surface area contributed by atoms with E-state index in [2.05, 4.69) is 15.8 Å². The molecule has 0 unspecified atom stereocenters. The van der Waals surface area contributed by atoms with Crippen molar-refractivity contribution in [3.8, 4) is 0 Å². The van der Waals surface area contributed by atoms with Crippen molar-refractivity contribution in [2.45, 2.75) is 20.8 Å². The third kappa shape index (κ3) is 3.62. The van der Waals surface area contributed by atoms with Crippen molar-refractivity contribution < 1.29 is 14.1 Å². The number of hydrogen-bond acceptors (Lipinski definition) is 5. The summed E-state index contributed by atoms with van der Waals surface area (Å²) in [5, 5.41) is 9.96. The molecule has 0 amide bonds. The van der Waals surface area contributed by atoms with Crippen molar-refractivity contribution in [3.05, 3.63) is 41.1 Å². The number of aryl methyl sites for hydroxylation is 2. The Balaban J connectivity index is 2.12. The van der Waals surface area contributed by atoms with Gasteiger partial charge in [0.1, 0.15) is 5.56 Å². The van der Waals surface area contributed by atoms with Gasteiger partial charge in [0.15, 0.2) is 5.11 Å². The molecule has 0 bridgehead atoms. The van der Waals surface area contributed by atoms with Crippen LogP contribution in [0.1, 0.15) is 28.5 Å². The lowest BCUT2D eigenvalue weighted by atomic mass is 10.2. The Hall–Kier alpha value is -2.41. The van der Waals surface area contributed by atoms with Crippen molar-refractivity contribution in [1.82, 2.24) is 5.16 Å². The summed E-state index contributed by atoms with van der Waals surface area (Å²) in [6.45, 7) is 5.64. The van der Waals surface area contributed by atoms with Gasteiger partial charge in [0.25, 0.3) is 0 Å². The first-order valence-electron chi connectivity index (χ1n) is 6.80. The molecule has 1 aromatic heterocycles. The number of esters is 1. The largest absolute Gasteiger partial charge is 0.462 e. The van der Waals surface area contributed by atoms with Crippen LogP contribution < -0.4 is 10.6 Å². The summed E-state index contributed by atoms with van der Waals surface area (Å²) in [6, 6.07) is 7.71. The molecule has 0 fully saturated rings. The van der Waals surface area contributed by atoms with Gasteiger partial charge in [-0.05, 0) is 44.6 Å². The lowest BCUT2D eigenvalue weighted by molar-refractivity contribution is 0.0526. The minimum absolute atomic E-state index is 0.169. The van der Waals surface area contributed by atoms with Crippen molar-refractivity contribution in [1.29, 1.82) is 0 Å². The summed E-state index contributed by atoms with van der Waals surface area (Å²) >= 11 is 5.24. The first kappa shape index (κ1) is 16.0. The molecule has 0 aliphatic carbocycles. The fraction of sp³-hybridized carbons (Fsp3) is 0.267. The third-order valence-electron chi connectivity index (χ3n) is 2.96. The van der Waals surface area contributed by atoms with Gasteiger partial charge in [0, 0.05) is 5.69 Å². The van der Waals surface area contributed by atoms with E-state index < -0.39 is 5.97 Å². The van der Waals surface area contributed by atoms with Gasteiger partial charge in [-0.15, -0.1) is 0 Å². The summed E-state index contributed by atoms with van der Waals surface area (Å²) in [7, 11) is 0. The second-order valence-electron chi connectivity index (χ2n) is 4.59. The number of benzene rings is 1. The highest BCUT2D eigenvalue weighted by Gasteiger charge is 2.22. The number of nitrogens with zero attached hydrogens (tertiary/aromatic N) is 1. The minimum atomic E-state index is -0.498. The van der Waals surface area contributed by atoms with Crippen LogP contribution >= 0.6 is 12.2 Å². The molecular weight excluding hydrogens is 302 g/mol. The van der Waals surface area contributed by atoms with Gasteiger partial charge in [-0.3, -0.25) is 0 Å². The van der Waals surface area contributed by atoms with Crippen LogP contribution in [0, 0.1) is 13.8 Å². The number of carbonyl (C=O) groups is 1. The van der Waals surface area contributed by atoms with E-state index in [4.69, 9.17) is 21.5 Å². The average Bonchev–Trinajstić information content (AvgIpc) is 2.82. The quantitative estimate of drug-likeness (QED) is 0.661. The first-order valence-corrected chi connectivity index (χ1v) is 7.20. The van der Waals surface area contributed by atoms with Gasteiger partial charge >= 0.3 is 5.97 Å². The summed E-state index contributed by atoms with van der Waals surface area (Å²) < 4.78 is 10.1. The third-order valence-corrected chi connectivity index (χ3v) is 3.17. The zero-order valence-electron chi connectivity index (χ0n) is 12.6. The molecule has 0 saturated heterocycles. The summed E-state index contributed by atoms with van der Waals surface area (Å²) in [4.78, 5) is 11.9. The molecule has 2 rings (SSSR count). The summed E-state index contributed by atoms with van der Waals surface area (Å²) in [6.07, 6.45) is 0. The van der Waals surface area contributed by atoms with Crippen LogP contribution in [0.2, 0.25) is 0 Å². The zero-order valence-corrected chi connectivity index (χ0v) is 13.4. The number of carbonyl (C=O) groups excluding carboxylic acids is 1. The van der Waals surface area contributed by atoms with E-state index in [0.29, 0.717) is 10.8 Å². The molecule has 22 heavy (non-hydrogen) atoms. The van der Waals surface area contributed by atoms with Gasteiger partial charge in [-0.1, -0.05) is 23.4 Å². The number of thiocarbonyl (C=S) groups is 1. The van der Waals surface area contributed by atoms with E-state index in [0.717, 1.165) is 11.3 Å². The highest BCUT2D eigenvalue weighted by atomic mass is 32.1. The van der Waals surface area contributed by atoms with Crippen LogP contribution in [0.15, 0.2) is 28.8 Å². The molecule has 0 spiro atoms. The zero-order chi connectivity index (χ0) is 16.1. The lowest BCUT2D eigenvalue weighted by Gasteiger charge is -2.11. The molecule has 2 aromatic rings. The molecule has 0 aliphatic heterocycles. The van der Waals surface area contributed by atoms with Crippen LogP contribution in [0.5, 0.6) is 0 Å². The van der Waals surface area contributed by atoms with Gasteiger partial charge in [0.05, 0.1) is 12.3 Å². The SMILES string of the molecule is CCOC(=O)c1c(C)noc1NC(=S)Nc1ccccc1C. The maximum absolute atomic E-state index is 11.9. The predicted molar refractivity (Wildman–Crippen MR) is 88.2 cm³/mol. The molecule has 0 atom stereocenters. The van der Waals surface area contributed by atoms with Crippen LogP contribution in [0.25, 0.3) is 0 Å². The normalized spacial score (nSPS) is 10.1. The first-order chi connectivity index (χ1) is 10.5. The Morgan fingerprint density at radius 1 is 1.32 bits per heavy atom. The molecule has 6 nitrogen and oxygen atoms in total. The molecule has 1 heterocycles. The number of ether oxygens (including phenoxy) is 1. The number of nitrogens with one attached hydrogen (secondary N) is 2. The lowest BCUT2D eigenvalue weighted by Crippen LogP contribution is -2.21. The molecule has 0 saturated carbocycles. The molecular formula is C15H17N3O3S. The van der Waals surface area contributed by atoms with Crippen LogP contribution in [-0.4, -0.2) is 22.8 Å². The number of anilines is 2. The van der Waals surface area contributed by atoms with Crippen molar-refractivity contribution >= 4 is 34.9 Å². The number of hydrogen-bond donors (Lipinski definition) is 2. The van der Waals surface area contributed by atoms with Crippen LogP contribution in [0.4, 0.5) is 11.6 Å². The van der Waals surface area contributed by atoms with Crippen molar-refractivity contribution in [2.24, 2.45) is 0 Å². The predicted octanol–water partition coefficient (Wildman–Crippen LogP) is 3.28. The Labute approximate surface area is 133 Å². The van der Waals surface area contributed by atoms with Crippen molar-refractivity contribution in [3.63, 3.8) is 0 Å². The van der Waals surface area contributed by atoms with E-state index in [1.165, 1.54) is 0 Å². The van der Waals surface area contributed by atoms with Crippen LogP contribution in [0.3, 0.4) is 0 Å². The molecule has 7 heteroatoms. The molecule has 0 aliphatic rings.